The van der Waals surface area contributed by atoms with Gasteiger partial charge in [0.2, 0.25) is 0 Å². The minimum Gasteiger partial charge on any atom is -0.507 e. The fourth-order valence-electron chi connectivity index (χ4n) is 6.99. The van der Waals surface area contributed by atoms with Gasteiger partial charge in [-0.1, -0.05) is 66.7 Å². The van der Waals surface area contributed by atoms with Gasteiger partial charge in [0, 0.05) is 33.0 Å². The molecular weight excluding hydrogens is 472 g/mol. The molecule has 0 unspecified atom stereocenters. The Morgan fingerprint density at radius 1 is 0.395 bits per heavy atom. The number of carbonyl (C=O) groups excluding carboxylic acids is 2. The molecule has 7 aromatic rings. The standard InChI is InChI=1S/C34H16O4/c35-25-13-23-18-10-9-17-15-5-1-3-7-20(15)34(38)32-26(36)14-24(27(18)30(17)32)19-11-12-22-31(28(19)23)29(25)16-6-2-4-8-21(16)33(22)37/h1-14,35-36H. The molecule has 0 saturated carbocycles. The maximum atomic E-state index is 13.6. The third-order valence-electron chi connectivity index (χ3n) is 8.48. The SMILES string of the molecule is O=C1c2ccccc2-c2c(O)cc3c4ccc5c6c(c(O)cc(c7ccc1c2c73)c64)C(=O)c1ccccc1-5. The highest BCUT2D eigenvalue weighted by molar-refractivity contribution is 6.42. The predicted molar refractivity (Wildman–Crippen MR) is 149 cm³/mol. The number of phenols is 2. The van der Waals surface area contributed by atoms with E-state index in [4.69, 9.17) is 0 Å². The van der Waals surface area contributed by atoms with E-state index in [1.807, 2.05) is 60.7 Å². The highest BCUT2D eigenvalue weighted by atomic mass is 16.3. The number of carbonyl (C=O) groups is 2. The molecule has 0 radical (unpaired) electrons. The molecule has 0 amide bonds. The molecule has 0 fully saturated rings. The van der Waals surface area contributed by atoms with Crippen LogP contribution in [0.2, 0.25) is 0 Å². The van der Waals surface area contributed by atoms with Crippen LogP contribution >= 0.6 is 0 Å². The minimum atomic E-state index is -0.199. The van der Waals surface area contributed by atoms with Crippen molar-refractivity contribution in [3.63, 3.8) is 0 Å². The lowest BCUT2D eigenvalue weighted by molar-refractivity contribution is 0.103. The highest BCUT2D eigenvalue weighted by Gasteiger charge is 2.33. The molecular formula is C34H16O4. The van der Waals surface area contributed by atoms with Gasteiger partial charge in [0.1, 0.15) is 11.5 Å². The third-order valence-corrected chi connectivity index (χ3v) is 8.48. The number of rotatable bonds is 0. The first-order valence-corrected chi connectivity index (χ1v) is 12.5. The summed E-state index contributed by atoms with van der Waals surface area (Å²) in [5.74, 6) is -0.217. The van der Waals surface area contributed by atoms with Gasteiger partial charge < -0.3 is 10.2 Å². The third kappa shape index (κ3) is 2.07. The number of hydrogen-bond acceptors (Lipinski definition) is 4. The topological polar surface area (TPSA) is 74.6 Å². The van der Waals surface area contributed by atoms with Crippen molar-refractivity contribution >= 4 is 54.7 Å². The summed E-state index contributed by atoms with van der Waals surface area (Å²) in [4.78, 5) is 27.1. The Labute approximate surface area is 215 Å². The average molecular weight is 488 g/mol. The lowest BCUT2D eigenvalue weighted by atomic mass is 9.76. The molecule has 9 rings (SSSR count). The van der Waals surface area contributed by atoms with E-state index in [-0.39, 0.29) is 23.1 Å². The molecule has 176 valence electrons. The fourth-order valence-corrected chi connectivity index (χ4v) is 6.99. The van der Waals surface area contributed by atoms with Crippen molar-refractivity contribution in [3.05, 3.63) is 107 Å². The Bertz CT molecular complexity index is 2260. The summed E-state index contributed by atoms with van der Waals surface area (Å²) in [7, 11) is 0. The highest BCUT2D eigenvalue weighted by Crippen LogP contribution is 2.53. The lowest BCUT2D eigenvalue weighted by Crippen LogP contribution is -2.11. The first-order chi connectivity index (χ1) is 18.5. The molecule has 0 heterocycles. The number of ketones is 2. The second-order valence-corrected chi connectivity index (χ2v) is 10.2. The molecule has 0 aromatic heterocycles. The van der Waals surface area contributed by atoms with Crippen molar-refractivity contribution in [2.45, 2.75) is 0 Å². The Balaban J connectivity index is 1.57. The van der Waals surface area contributed by atoms with Crippen LogP contribution in [0.4, 0.5) is 0 Å². The molecule has 0 saturated heterocycles. The van der Waals surface area contributed by atoms with Crippen LogP contribution in [0.3, 0.4) is 0 Å². The van der Waals surface area contributed by atoms with Crippen LogP contribution in [-0.2, 0) is 0 Å². The van der Waals surface area contributed by atoms with Crippen LogP contribution in [-0.4, -0.2) is 21.8 Å². The van der Waals surface area contributed by atoms with Gasteiger partial charge in [-0.05, 0) is 67.2 Å². The van der Waals surface area contributed by atoms with Gasteiger partial charge in [-0.2, -0.15) is 0 Å². The molecule has 2 N–H and O–H groups in total. The fraction of sp³-hybridized carbons (Fsp3) is 0. The smallest absolute Gasteiger partial charge is 0.198 e. The summed E-state index contributed by atoms with van der Waals surface area (Å²) in [6.45, 7) is 0. The zero-order chi connectivity index (χ0) is 25.4. The van der Waals surface area contributed by atoms with Crippen LogP contribution in [0.5, 0.6) is 11.5 Å². The van der Waals surface area contributed by atoms with Gasteiger partial charge in [0.25, 0.3) is 0 Å². The zero-order valence-electron chi connectivity index (χ0n) is 19.8. The summed E-state index contributed by atoms with van der Waals surface area (Å²) in [5.41, 5.74) is 5.11. The van der Waals surface area contributed by atoms with Crippen molar-refractivity contribution in [3.8, 4) is 33.8 Å². The second-order valence-electron chi connectivity index (χ2n) is 10.2. The number of benzene rings is 7. The molecule has 4 nitrogen and oxygen atoms in total. The largest absolute Gasteiger partial charge is 0.507 e. The Hall–Kier alpha value is -5.22. The number of fused-ring (bicyclic) bond motifs is 6. The van der Waals surface area contributed by atoms with E-state index in [0.717, 1.165) is 54.2 Å². The zero-order valence-corrected chi connectivity index (χ0v) is 19.8. The Morgan fingerprint density at radius 2 is 0.895 bits per heavy atom. The lowest BCUT2D eigenvalue weighted by Gasteiger charge is -2.26. The van der Waals surface area contributed by atoms with E-state index in [1.165, 1.54) is 0 Å². The molecule has 0 atom stereocenters. The van der Waals surface area contributed by atoms with Crippen LogP contribution in [0.25, 0.3) is 65.3 Å². The Morgan fingerprint density at radius 3 is 1.55 bits per heavy atom. The maximum Gasteiger partial charge on any atom is 0.198 e. The van der Waals surface area contributed by atoms with E-state index in [2.05, 4.69) is 0 Å². The van der Waals surface area contributed by atoms with Gasteiger partial charge >= 0.3 is 0 Å². The number of hydrogen-bond donors (Lipinski definition) is 2. The summed E-state index contributed by atoms with van der Waals surface area (Å²) in [6, 6.07) is 26.1. The van der Waals surface area contributed by atoms with E-state index >= 15 is 0 Å². The van der Waals surface area contributed by atoms with Crippen molar-refractivity contribution in [2.75, 3.05) is 0 Å². The summed E-state index contributed by atoms with van der Waals surface area (Å²) in [5, 5.41) is 29.2. The summed E-state index contributed by atoms with van der Waals surface area (Å²) in [6.07, 6.45) is 0. The molecule has 0 bridgehead atoms. The second kappa shape index (κ2) is 6.36. The molecule has 0 spiro atoms. The molecule has 2 aliphatic rings. The van der Waals surface area contributed by atoms with Gasteiger partial charge in [0.15, 0.2) is 11.6 Å². The quantitative estimate of drug-likeness (QED) is 0.171. The average Bonchev–Trinajstić information content (AvgIpc) is 2.94. The molecule has 4 heteroatoms. The molecule has 7 aromatic carbocycles. The van der Waals surface area contributed by atoms with Gasteiger partial charge in [-0.15, -0.1) is 0 Å². The summed E-state index contributed by atoms with van der Waals surface area (Å²) >= 11 is 0. The van der Waals surface area contributed by atoms with Crippen LogP contribution in [0.1, 0.15) is 31.8 Å². The Kier molecular flexibility index (Phi) is 3.33. The van der Waals surface area contributed by atoms with Gasteiger partial charge in [0.05, 0.1) is 5.56 Å². The number of aromatic hydroxyl groups is 2. The van der Waals surface area contributed by atoms with E-state index in [9.17, 15) is 19.8 Å². The maximum absolute atomic E-state index is 13.6. The van der Waals surface area contributed by atoms with Crippen molar-refractivity contribution in [1.29, 1.82) is 0 Å². The van der Waals surface area contributed by atoms with Gasteiger partial charge in [-0.3, -0.25) is 9.59 Å². The van der Waals surface area contributed by atoms with Crippen molar-refractivity contribution in [2.24, 2.45) is 0 Å². The van der Waals surface area contributed by atoms with E-state index in [0.29, 0.717) is 33.4 Å². The van der Waals surface area contributed by atoms with E-state index < -0.39 is 0 Å². The predicted octanol–water partition coefficient (Wildman–Crippen LogP) is 7.57. The first kappa shape index (κ1) is 19.9. The van der Waals surface area contributed by atoms with Crippen LogP contribution in [0.15, 0.2) is 84.9 Å². The first-order valence-electron chi connectivity index (χ1n) is 12.5. The molecule has 0 aliphatic heterocycles. The number of phenolic OH excluding ortho intramolecular Hbond substituents is 2. The molecule has 2 aliphatic carbocycles. The minimum absolute atomic E-state index is 0.0569. The molecule has 38 heavy (non-hydrogen) atoms. The monoisotopic (exact) mass is 488 g/mol. The van der Waals surface area contributed by atoms with Crippen LogP contribution < -0.4 is 0 Å². The van der Waals surface area contributed by atoms with Crippen LogP contribution in [0, 0.1) is 0 Å². The van der Waals surface area contributed by atoms with Crippen molar-refractivity contribution in [1.82, 2.24) is 0 Å². The normalized spacial score (nSPS) is 13.6. The van der Waals surface area contributed by atoms with Crippen molar-refractivity contribution < 1.29 is 19.8 Å². The van der Waals surface area contributed by atoms with Gasteiger partial charge in [-0.25, -0.2) is 0 Å². The van der Waals surface area contributed by atoms with E-state index in [1.54, 1.807) is 24.3 Å². The summed E-state index contributed by atoms with van der Waals surface area (Å²) < 4.78 is 0.